The molecule has 4 rings (SSSR count). The first-order chi connectivity index (χ1) is 14.9. The predicted molar refractivity (Wildman–Crippen MR) is 115 cm³/mol. The molecule has 162 valence electrons. The summed E-state index contributed by atoms with van der Waals surface area (Å²) in [4.78, 5) is 25.9. The highest BCUT2D eigenvalue weighted by Gasteiger charge is 2.32. The summed E-state index contributed by atoms with van der Waals surface area (Å²) in [6.45, 7) is 2.31. The van der Waals surface area contributed by atoms with E-state index in [2.05, 4.69) is 15.6 Å². The number of ether oxygens (including phenoxy) is 1. The Hall–Kier alpha value is -3.05. The maximum atomic E-state index is 12.8. The van der Waals surface area contributed by atoms with Crippen LogP contribution < -0.4 is 5.32 Å². The SMILES string of the molecule is CCOC(=O)c1c(NC(=O)c2cn(Cc3ccccc3)nn2)sc2c1CCS(=O)(=O)C2. The molecule has 1 N–H and O–H groups in total. The number of carbonyl (C=O) groups excluding carboxylic acids is 2. The van der Waals surface area contributed by atoms with Gasteiger partial charge in [-0.05, 0) is 24.5 Å². The molecule has 1 aromatic carbocycles. The lowest BCUT2D eigenvalue weighted by Crippen LogP contribution is -2.20. The van der Waals surface area contributed by atoms with Crippen LogP contribution in [0.3, 0.4) is 0 Å². The largest absolute Gasteiger partial charge is 0.462 e. The van der Waals surface area contributed by atoms with Crippen molar-refractivity contribution in [2.45, 2.75) is 25.6 Å². The van der Waals surface area contributed by atoms with Crippen molar-refractivity contribution in [3.8, 4) is 0 Å². The first kappa shape index (κ1) is 21.2. The van der Waals surface area contributed by atoms with Gasteiger partial charge in [-0.25, -0.2) is 17.9 Å². The molecule has 0 atom stereocenters. The van der Waals surface area contributed by atoms with E-state index in [0.29, 0.717) is 17.0 Å². The molecule has 0 fully saturated rings. The normalized spacial score (nSPS) is 14.6. The molecular weight excluding hydrogens is 440 g/mol. The van der Waals surface area contributed by atoms with E-state index < -0.39 is 21.7 Å². The van der Waals surface area contributed by atoms with Gasteiger partial charge in [0.25, 0.3) is 5.91 Å². The standard InChI is InChI=1S/C20H20N4O5S2/c1-2-29-20(26)17-14-8-9-31(27,28)12-16(14)30-19(17)21-18(25)15-11-24(23-22-15)10-13-6-4-3-5-7-13/h3-7,11H,2,8-10,12H2,1H3,(H,21,25). The summed E-state index contributed by atoms with van der Waals surface area (Å²) in [7, 11) is -3.22. The van der Waals surface area contributed by atoms with Crippen LogP contribution in [-0.2, 0) is 33.3 Å². The van der Waals surface area contributed by atoms with Gasteiger partial charge >= 0.3 is 5.97 Å². The summed E-state index contributed by atoms with van der Waals surface area (Å²) >= 11 is 1.08. The molecular formula is C20H20N4O5S2. The van der Waals surface area contributed by atoms with Crippen molar-refractivity contribution >= 4 is 38.1 Å². The molecule has 2 aromatic heterocycles. The highest BCUT2D eigenvalue weighted by Crippen LogP contribution is 2.38. The number of nitrogens with zero attached hydrogens (tertiary/aromatic N) is 3. The molecule has 0 saturated carbocycles. The number of thiophene rings is 1. The number of rotatable bonds is 6. The third-order valence-electron chi connectivity index (χ3n) is 4.77. The third-order valence-corrected chi connectivity index (χ3v) is 7.65. The number of hydrogen-bond acceptors (Lipinski definition) is 8. The molecule has 0 saturated heterocycles. The molecule has 0 spiro atoms. The Kier molecular flexibility index (Phi) is 5.88. The number of nitrogens with one attached hydrogen (secondary N) is 1. The quantitative estimate of drug-likeness (QED) is 0.560. The molecule has 3 aromatic rings. The fraction of sp³-hybridized carbons (Fsp3) is 0.300. The Labute approximate surface area is 183 Å². The van der Waals surface area contributed by atoms with Crippen molar-refractivity contribution in [2.75, 3.05) is 17.7 Å². The lowest BCUT2D eigenvalue weighted by Gasteiger charge is -2.13. The van der Waals surface area contributed by atoms with Crippen molar-refractivity contribution in [1.29, 1.82) is 0 Å². The first-order valence-electron chi connectivity index (χ1n) is 9.64. The van der Waals surface area contributed by atoms with E-state index in [1.54, 1.807) is 11.6 Å². The van der Waals surface area contributed by atoms with Crippen molar-refractivity contribution in [3.05, 3.63) is 63.8 Å². The van der Waals surface area contributed by atoms with Gasteiger partial charge in [0.2, 0.25) is 0 Å². The van der Waals surface area contributed by atoms with Gasteiger partial charge in [0, 0.05) is 4.88 Å². The van der Waals surface area contributed by atoms with Crippen molar-refractivity contribution in [3.63, 3.8) is 0 Å². The van der Waals surface area contributed by atoms with Crippen LogP contribution in [0.1, 0.15) is 43.8 Å². The highest BCUT2D eigenvalue weighted by molar-refractivity contribution is 7.90. The lowest BCUT2D eigenvalue weighted by molar-refractivity contribution is 0.0527. The highest BCUT2D eigenvalue weighted by atomic mass is 32.2. The maximum absolute atomic E-state index is 12.8. The first-order valence-corrected chi connectivity index (χ1v) is 12.3. The smallest absolute Gasteiger partial charge is 0.341 e. The minimum absolute atomic E-state index is 0.0374. The maximum Gasteiger partial charge on any atom is 0.341 e. The van der Waals surface area contributed by atoms with Crippen LogP contribution >= 0.6 is 11.3 Å². The second-order valence-corrected chi connectivity index (χ2v) is 10.3. The summed E-state index contributed by atoms with van der Waals surface area (Å²) in [5.74, 6) is -1.30. The zero-order valence-corrected chi connectivity index (χ0v) is 18.3. The summed E-state index contributed by atoms with van der Waals surface area (Å²) in [5.41, 5.74) is 1.95. The summed E-state index contributed by atoms with van der Waals surface area (Å²) < 4.78 is 30.7. The van der Waals surface area contributed by atoms with Gasteiger partial charge in [-0.2, -0.15) is 0 Å². The Morgan fingerprint density at radius 1 is 1.26 bits per heavy atom. The van der Waals surface area contributed by atoms with Gasteiger partial charge in [0.1, 0.15) is 5.00 Å². The fourth-order valence-electron chi connectivity index (χ4n) is 3.35. The van der Waals surface area contributed by atoms with E-state index in [1.165, 1.54) is 6.20 Å². The Bertz CT molecular complexity index is 1230. The minimum Gasteiger partial charge on any atom is -0.462 e. The fourth-order valence-corrected chi connectivity index (χ4v) is 6.38. The van der Waals surface area contributed by atoms with E-state index in [4.69, 9.17) is 4.74 Å². The second-order valence-electron chi connectivity index (χ2n) is 7.01. The molecule has 0 bridgehead atoms. The number of fused-ring (bicyclic) bond motifs is 1. The average molecular weight is 461 g/mol. The Balaban J connectivity index is 1.58. The van der Waals surface area contributed by atoms with Crippen molar-refractivity contribution < 1.29 is 22.7 Å². The van der Waals surface area contributed by atoms with Crippen LogP contribution in [-0.4, -0.2) is 47.6 Å². The topological polar surface area (TPSA) is 120 Å². The number of carbonyl (C=O) groups is 2. The summed E-state index contributed by atoms with van der Waals surface area (Å²) in [6, 6.07) is 9.62. The van der Waals surface area contributed by atoms with Crippen LogP contribution in [0, 0.1) is 0 Å². The number of benzene rings is 1. The number of sulfone groups is 1. The molecule has 9 nitrogen and oxygen atoms in total. The number of aromatic nitrogens is 3. The summed E-state index contributed by atoms with van der Waals surface area (Å²) in [5, 5.41) is 10.9. The van der Waals surface area contributed by atoms with Gasteiger partial charge in [0.05, 0.1) is 36.4 Å². The average Bonchev–Trinajstić information content (AvgIpc) is 3.32. The van der Waals surface area contributed by atoms with Crippen LogP contribution in [0.4, 0.5) is 5.00 Å². The number of anilines is 1. The van der Waals surface area contributed by atoms with Gasteiger partial charge in [-0.15, -0.1) is 16.4 Å². The van der Waals surface area contributed by atoms with Gasteiger partial charge < -0.3 is 10.1 Å². The molecule has 1 amide bonds. The zero-order chi connectivity index (χ0) is 22.0. The van der Waals surface area contributed by atoms with Crippen LogP contribution in [0.5, 0.6) is 0 Å². The molecule has 11 heteroatoms. The van der Waals surface area contributed by atoms with E-state index >= 15 is 0 Å². The van der Waals surface area contributed by atoms with E-state index in [1.807, 2.05) is 30.3 Å². The minimum atomic E-state index is -3.22. The second kappa shape index (κ2) is 8.60. The van der Waals surface area contributed by atoms with E-state index in [-0.39, 0.29) is 40.8 Å². The Morgan fingerprint density at radius 3 is 2.77 bits per heavy atom. The van der Waals surface area contributed by atoms with E-state index in [0.717, 1.165) is 16.9 Å². The monoisotopic (exact) mass is 460 g/mol. The van der Waals surface area contributed by atoms with Crippen LogP contribution in [0.2, 0.25) is 0 Å². The number of hydrogen-bond donors (Lipinski definition) is 1. The molecule has 1 aliphatic heterocycles. The lowest BCUT2D eigenvalue weighted by atomic mass is 10.1. The van der Waals surface area contributed by atoms with Gasteiger partial charge in [-0.3, -0.25) is 4.79 Å². The zero-order valence-electron chi connectivity index (χ0n) is 16.7. The van der Waals surface area contributed by atoms with Crippen LogP contribution in [0.25, 0.3) is 0 Å². The number of amides is 1. The Morgan fingerprint density at radius 2 is 2.03 bits per heavy atom. The van der Waals surface area contributed by atoms with Gasteiger partial charge in [0.15, 0.2) is 15.5 Å². The molecule has 0 aliphatic carbocycles. The summed E-state index contributed by atoms with van der Waals surface area (Å²) in [6.07, 6.45) is 1.73. The molecule has 0 unspecified atom stereocenters. The molecule has 1 aliphatic rings. The van der Waals surface area contributed by atoms with Crippen LogP contribution in [0.15, 0.2) is 36.5 Å². The van der Waals surface area contributed by atoms with Crippen molar-refractivity contribution in [2.24, 2.45) is 0 Å². The molecule has 3 heterocycles. The molecule has 0 radical (unpaired) electrons. The van der Waals surface area contributed by atoms with Gasteiger partial charge in [-0.1, -0.05) is 35.5 Å². The third kappa shape index (κ3) is 4.67. The predicted octanol–water partition coefficient (Wildman–Crippen LogP) is 2.29. The molecule has 31 heavy (non-hydrogen) atoms. The van der Waals surface area contributed by atoms with Crippen molar-refractivity contribution in [1.82, 2.24) is 15.0 Å². The number of esters is 1. The van der Waals surface area contributed by atoms with E-state index in [9.17, 15) is 18.0 Å².